The number of hydrogen-bond donors (Lipinski definition) is 2. The molecule has 0 spiro atoms. The Balaban J connectivity index is 1.84. The molecular formula is C23H26N4O4. The minimum Gasteiger partial charge on any atom is -0.497 e. The van der Waals surface area contributed by atoms with Crippen molar-refractivity contribution < 1.29 is 19.1 Å². The Morgan fingerprint density at radius 1 is 1.10 bits per heavy atom. The maximum atomic E-state index is 12.8. The summed E-state index contributed by atoms with van der Waals surface area (Å²) in [6.07, 6.45) is 1.97. The summed E-state index contributed by atoms with van der Waals surface area (Å²) in [6, 6.07) is 11.2. The number of nitrogens with one attached hydrogen (secondary N) is 1. The molecule has 0 bridgehead atoms. The zero-order valence-electron chi connectivity index (χ0n) is 18.1. The average Bonchev–Trinajstić information content (AvgIpc) is 3.18. The minimum atomic E-state index is -0.721. The van der Waals surface area contributed by atoms with Gasteiger partial charge in [0.1, 0.15) is 17.2 Å². The number of aromatic nitrogens is 2. The number of rotatable bonds is 8. The number of hydrogen-bond acceptors (Lipinski definition) is 5. The predicted molar refractivity (Wildman–Crippen MR) is 118 cm³/mol. The Hall–Kier alpha value is -3.81. The third kappa shape index (κ3) is 4.85. The Bertz CT molecular complexity index is 1120. The van der Waals surface area contributed by atoms with Gasteiger partial charge in [-0.3, -0.25) is 9.59 Å². The van der Waals surface area contributed by atoms with Crippen molar-refractivity contribution in [3.05, 3.63) is 70.8 Å². The van der Waals surface area contributed by atoms with Crippen LogP contribution in [0.2, 0.25) is 0 Å². The number of methoxy groups -OCH3 is 2. The van der Waals surface area contributed by atoms with Gasteiger partial charge in [-0.2, -0.15) is 0 Å². The van der Waals surface area contributed by atoms with Gasteiger partial charge in [-0.25, -0.2) is 4.98 Å². The number of imidazole rings is 1. The number of amides is 2. The number of carbonyl (C=O) groups excluding carboxylic acids is 2. The molecule has 0 aliphatic heterocycles. The van der Waals surface area contributed by atoms with Gasteiger partial charge in [0.05, 0.1) is 20.5 Å². The second-order valence-electron chi connectivity index (χ2n) is 7.20. The number of aryl methyl sites for hydroxylation is 4. The summed E-state index contributed by atoms with van der Waals surface area (Å²) in [5, 5.41) is 2.81. The third-order valence-electron chi connectivity index (χ3n) is 5.03. The fraction of sp³-hybridized carbons (Fsp3) is 0.261. The number of carbonyl (C=O) groups is 2. The molecule has 8 heteroatoms. The molecule has 0 saturated carbocycles. The summed E-state index contributed by atoms with van der Waals surface area (Å²) in [4.78, 5) is 29.1. The molecule has 1 heterocycles. The highest BCUT2D eigenvalue weighted by Gasteiger charge is 2.23. The van der Waals surface area contributed by atoms with Crippen molar-refractivity contribution >= 4 is 17.5 Å². The molecule has 0 atom stereocenters. The van der Waals surface area contributed by atoms with Crippen LogP contribution in [0.4, 0.5) is 5.69 Å². The summed E-state index contributed by atoms with van der Waals surface area (Å²) in [7, 11) is 3.18. The van der Waals surface area contributed by atoms with Gasteiger partial charge >= 0.3 is 0 Å². The fourth-order valence-electron chi connectivity index (χ4n) is 3.43. The van der Waals surface area contributed by atoms with Crippen molar-refractivity contribution in [3.63, 3.8) is 0 Å². The number of anilines is 1. The minimum absolute atomic E-state index is 0.00918. The van der Waals surface area contributed by atoms with Crippen molar-refractivity contribution in [2.24, 2.45) is 5.73 Å². The van der Waals surface area contributed by atoms with Gasteiger partial charge < -0.3 is 25.1 Å². The first-order valence-corrected chi connectivity index (χ1v) is 9.78. The third-order valence-corrected chi connectivity index (χ3v) is 5.03. The summed E-state index contributed by atoms with van der Waals surface area (Å²) in [6.45, 7) is 4.26. The summed E-state index contributed by atoms with van der Waals surface area (Å²) < 4.78 is 12.3. The molecule has 3 N–H and O–H groups in total. The SMILES string of the molecule is COc1ccc(OC)c(CCn2cnc(C(=O)Nc3ccc(C)cc3C)c2C(N)=O)c1. The van der Waals surface area contributed by atoms with E-state index in [4.69, 9.17) is 15.2 Å². The molecule has 2 amide bonds. The highest BCUT2D eigenvalue weighted by Crippen LogP contribution is 2.25. The first-order valence-electron chi connectivity index (χ1n) is 9.78. The second-order valence-corrected chi connectivity index (χ2v) is 7.20. The number of primary amides is 1. The first-order chi connectivity index (χ1) is 14.8. The first kappa shape index (κ1) is 21.9. The van der Waals surface area contributed by atoms with Gasteiger partial charge in [-0.05, 0) is 55.7 Å². The topological polar surface area (TPSA) is 108 Å². The second kappa shape index (κ2) is 9.34. The molecule has 8 nitrogen and oxygen atoms in total. The molecule has 3 rings (SSSR count). The van der Waals surface area contributed by atoms with E-state index in [1.54, 1.807) is 18.8 Å². The van der Waals surface area contributed by atoms with Crippen molar-refractivity contribution in [1.29, 1.82) is 0 Å². The Kier molecular flexibility index (Phi) is 6.59. The van der Waals surface area contributed by atoms with Crippen LogP contribution >= 0.6 is 0 Å². The van der Waals surface area contributed by atoms with E-state index in [1.165, 1.54) is 6.33 Å². The quantitative estimate of drug-likeness (QED) is 0.580. The van der Waals surface area contributed by atoms with Crippen LogP contribution in [0.15, 0.2) is 42.7 Å². The van der Waals surface area contributed by atoms with Gasteiger partial charge in [0, 0.05) is 12.2 Å². The van der Waals surface area contributed by atoms with Gasteiger partial charge in [-0.15, -0.1) is 0 Å². The number of benzene rings is 2. The van der Waals surface area contributed by atoms with Crippen LogP contribution in [0, 0.1) is 13.8 Å². The van der Waals surface area contributed by atoms with E-state index in [9.17, 15) is 9.59 Å². The maximum Gasteiger partial charge on any atom is 0.276 e. The molecule has 0 radical (unpaired) electrons. The molecule has 31 heavy (non-hydrogen) atoms. The predicted octanol–water partition coefficient (Wildman–Crippen LogP) is 3.11. The molecule has 0 aliphatic carbocycles. The number of nitrogens with zero attached hydrogens (tertiary/aromatic N) is 2. The Labute approximate surface area is 181 Å². The molecule has 2 aromatic carbocycles. The van der Waals surface area contributed by atoms with Crippen molar-refractivity contribution in [3.8, 4) is 11.5 Å². The van der Waals surface area contributed by atoms with Crippen LogP contribution in [0.3, 0.4) is 0 Å². The lowest BCUT2D eigenvalue weighted by molar-refractivity contribution is 0.0968. The van der Waals surface area contributed by atoms with Crippen LogP contribution < -0.4 is 20.5 Å². The van der Waals surface area contributed by atoms with Gasteiger partial charge in [0.2, 0.25) is 0 Å². The van der Waals surface area contributed by atoms with E-state index in [1.807, 2.05) is 50.2 Å². The summed E-state index contributed by atoms with van der Waals surface area (Å²) in [5.41, 5.74) is 9.19. The highest BCUT2D eigenvalue weighted by molar-refractivity contribution is 6.10. The van der Waals surface area contributed by atoms with E-state index < -0.39 is 11.8 Å². The van der Waals surface area contributed by atoms with Crippen LogP contribution in [0.5, 0.6) is 11.5 Å². The van der Waals surface area contributed by atoms with Crippen LogP contribution in [-0.4, -0.2) is 35.6 Å². The Morgan fingerprint density at radius 3 is 2.52 bits per heavy atom. The lowest BCUT2D eigenvalue weighted by Crippen LogP contribution is -2.23. The van der Waals surface area contributed by atoms with Gasteiger partial charge in [0.15, 0.2) is 5.69 Å². The van der Waals surface area contributed by atoms with Crippen LogP contribution in [0.25, 0.3) is 0 Å². The van der Waals surface area contributed by atoms with E-state index in [-0.39, 0.29) is 11.4 Å². The molecule has 3 aromatic rings. The van der Waals surface area contributed by atoms with E-state index >= 15 is 0 Å². The molecule has 162 valence electrons. The summed E-state index contributed by atoms with van der Waals surface area (Å²) in [5.74, 6) is 0.193. The zero-order valence-corrected chi connectivity index (χ0v) is 18.1. The number of ether oxygens (including phenoxy) is 2. The monoisotopic (exact) mass is 422 g/mol. The standard InChI is InChI=1S/C23H26N4O4/c1-14-5-7-18(15(2)11-14)26-23(29)20-21(22(24)28)27(13-25-20)10-9-16-12-17(30-3)6-8-19(16)31-4/h5-8,11-13H,9-10H2,1-4H3,(H2,24,28)(H,26,29). The molecule has 0 unspecified atom stereocenters. The number of nitrogens with two attached hydrogens (primary N) is 1. The van der Waals surface area contributed by atoms with Crippen molar-refractivity contribution in [1.82, 2.24) is 9.55 Å². The van der Waals surface area contributed by atoms with Crippen molar-refractivity contribution in [2.75, 3.05) is 19.5 Å². The smallest absolute Gasteiger partial charge is 0.276 e. The molecule has 0 aliphatic rings. The highest BCUT2D eigenvalue weighted by atomic mass is 16.5. The normalized spacial score (nSPS) is 10.6. The molecular weight excluding hydrogens is 396 g/mol. The van der Waals surface area contributed by atoms with Gasteiger partial charge in [0.25, 0.3) is 11.8 Å². The van der Waals surface area contributed by atoms with Crippen LogP contribution in [-0.2, 0) is 13.0 Å². The van der Waals surface area contributed by atoms with E-state index in [0.717, 1.165) is 16.7 Å². The molecule has 0 saturated heterocycles. The average molecular weight is 422 g/mol. The van der Waals surface area contributed by atoms with Gasteiger partial charge in [-0.1, -0.05) is 17.7 Å². The fourth-order valence-corrected chi connectivity index (χ4v) is 3.43. The lowest BCUT2D eigenvalue weighted by Gasteiger charge is -2.12. The Morgan fingerprint density at radius 2 is 1.87 bits per heavy atom. The van der Waals surface area contributed by atoms with Crippen molar-refractivity contribution in [2.45, 2.75) is 26.8 Å². The largest absolute Gasteiger partial charge is 0.497 e. The van der Waals surface area contributed by atoms with Crippen LogP contribution in [0.1, 0.15) is 37.7 Å². The summed E-state index contributed by atoms with van der Waals surface area (Å²) >= 11 is 0. The van der Waals surface area contributed by atoms with E-state index in [0.29, 0.717) is 30.2 Å². The lowest BCUT2D eigenvalue weighted by atomic mass is 10.1. The van der Waals surface area contributed by atoms with E-state index in [2.05, 4.69) is 10.3 Å². The molecule has 1 aromatic heterocycles. The zero-order chi connectivity index (χ0) is 22.5. The maximum absolute atomic E-state index is 12.8. The molecule has 0 fully saturated rings.